The summed E-state index contributed by atoms with van der Waals surface area (Å²) in [6.45, 7) is 3.80. The number of amides is 2. The minimum absolute atomic E-state index is 0.287. The molecular weight excluding hydrogens is 340 g/mol. The molecule has 2 amide bonds. The van der Waals surface area contributed by atoms with Gasteiger partial charge < -0.3 is 25.7 Å². The van der Waals surface area contributed by atoms with Crippen molar-refractivity contribution in [2.24, 2.45) is 0 Å². The zero-order valence-electron chi connectivity index (χ0n) is 14.1. The number of nitrogens with one attached hydrogen (secondary N) is 2. The number of methoxy groups -OCH3 is 1. The van der Waals surface area contributed by atoms with Crippen LogP contribution in [0.5, 0.6) is 0 Å². The molecule has 132 valence electrons. The maximum atomic E-state index is 12.0. The highest BCUT2D eigenvalue weighted by atomic mass is 32.1. The van der Waals surface area contributed by atoms with Crippen molar-refractivity contribution in [2.45, 2.75) is 20.0 Å². The van der Waals surface area contributed by atoms with Crippen LogP contribution in [0.2, 0.25) is 0 Å². The summed E-state index contributed by atoms with van der Waals surface area (Å²) in [5.74, 6) is 0. The predicted molar refractivity (Wildman–Crippen MR) is 98.7 cm³/mol. The molecule has 0 aliphatic heterocycles. The van der Waals surface area contributed by atoms with Gasteiger partial charge in [0.15, 0.2) is 0 Å². The van der Waals surface area contributed by atoms with Crippen molar-refractivity contribution >= 4 is 39.1 Å². The average molecular weight is 360 g/mol. The third-order valence-electron chi connectivity index (χ3n) is 3.77. The fourth-order valence-corrected chi connectivity index (χ4v) is 3.18. The van der Waals surface area contributed by atoms with Crippen LogP contribution in [0.25, 0.3) is 10.9 Å². The van der Waals surface area contributed by atoms with E-state index in [-0.39, 0.29) is 12.6 Å². The van der Waals surface area contributed by atoms with Crippen molar-refractivity contribution in [3.05, 3.63) is 35.0 Å². The van der Waals surface area contributed by atoms with Crippen molar-refractivity contribution in [2.75, 3.05) is 24.8 Å². The molecule has 9 heteroatoms. The van der Waals surface area contributed by atoms with E-state index >= 15 is 0 Å². The van der Waals surface area contributed by atoms with Gasteiger partial charge in [-0.2, -0.15) is 0 Å². The second-order valence-electron chi connectivity index (χ2n) is 5.55. The maximum absolute atomic E-state index is 12.0. The Morgan fingerprint density at radius 1 is 1.36 bits per heavy atom. The van der Waals surface area contributed by atoms with E-state index < -0.39 is 0 Å². The third-order valence-corrected chi connectivity index (χ3v) is 4.52. The molecule has 0 bridgehead atoms. The molecule has 0 spiro atoms. The van der Waals surface area contributed by atoms with Crippen LogP contribution in [0.3, 0.4) is 0 Å². The quantitative estimate of drug-likeness (QED) is 0.625. The van der Waals surface area contributed by atoms with Crippen molar-refractivity contribution in [3.8, 4) is 0 Å². The smallest absolute Gasteiger partial charge is 0.319 e. The van der Waals surface area contributed by atoms with Gasteiger partial charge in [0.25, 0.3) is 0 Å². The van der Waals surface area contributed by atoms with Crippen LogP contribution in [-0.2, 0) is 17.8 Å². The van der Waals surface area contributed by atoms with Gasteiger partial charge in [0.2, 0.25) is 5.13 Å². The lowest BCUT2D eigenvalue weighted by Crippen LogP contribution is -2.28. The number of fused-ring (bicyclic) bond motifs is 1. The first-order chi connectivity index (χ1) is 12.1. The van der Waals surface area contributed by atoms with Gasteiger partial charge in [0, 0.05) is 35.9 Å². The standard InChI is InChI=1S/C16H20N6O2S/c1-10-7-11-8-12(3-4-13(11)22(10)5-6-24-2)19-16(23)18-9-14-20-21-15(17)25-14/h3-4,7-8H,5-6,9H2,1-2H3,(H2,17,21)(H2,18,19,23). The molecule has 0 radical (unpaired) electrons. The predicted octanol–water partition coefficient (Wildman–Crippen LogP) is 2.35. The summed E-state index contributed by atoms with van der Waals surface area (Å²) in [5, 5.41) is 15.2. The Labute approximate surface area is 149 Å². The number of carbonyl (C=O) groups is 1. The molecule has 0 saturated carbocycles. The van der Waals surface area contributed by atoms with Crippen molar-refractivity contribution in [3.63, 3.8) is 0 Å². The molecule has 4 N–H and O–H groups in total. The number of benzene rings is 1. The van der Waals surface area contributed by atoms with Gasteiger partial charge in [-0.1, -0.05) is 11.3 Å². The number of hydrogen-bond donors (Lipinski definition) is 3. The lowest BCUT2D eigenvalue weighted by atomic mass is 10.2. The molecular formula is C16H20N6O2S. The topological polar surface area (TPSA) is 107 Å². The summed E-state index contributed by atoms with van der Waals surface area (Å²) >= 11 is 1.25. The second kappa shape index (κ2) is 7.49. The van der Waals surface area contributed by atoms with Crippen LogP contribution in [-0.4, -0.2) is 34.5 Å². The monoisotopic (exact) mass is 360 g/mol. The van der Waals surface area contributed by atoms with Crippen LogP contribution in [0.15, 0.2) is 24.3 Å². The fraction of sp³-hybridized carbons (Fsp3) is 0.312. The van der Waals surface area contributed by atoms with Gasteiger partial charge in [0.1, 0.15) is 5.01 Å². The number of rotatable bonds is 6. The highest BCUT2D eigenvalue weighted by Gasteiger charge is 2.09. The first-order valence-electron chi connectivity index (χ1n) is 7.78. The molecule has 1 aromatic carbocycles. The van der Waals surface area contributed by atoms with E-state index in [0.29, 0.717) is 16.7 Å². The summed E-state index contributed by atoms with van der Waals surface area (Å²) in [6.07, 6.45) is 0. The molecule has 3 rings (SSSR count). The molecule has 8 nitrogen and oxygen atoms in total. The molecule has 0 aliphatic rings. The van der Waals surface area contributed by atoms with E-state index in [1.54, 1.807) is 7.11 Å². The summed E-state index contributed by atoms with van der Waals surface area (Å²) < 4.78 is 7.35. The summed E-state index contributed by atoms with van der Waals surface area (Å²) in [7, 11) is 1.69. The number of carbonyl (C=O) groups excluding carboxylic acids is 1. The van der Waals surface area contributed by atoms with Crippen LogP contribution in [0.4, 0.5) is 15.6 Å². The Bertz CT molecular complexity index is 888. The highest BCUT2D eigenvalue weighted by molar-refractivity contribution is 7.15. The zero-order chi connectivity index (χ0) is 17.8. The zero-order valence-corrected chi connectivity index (χ0v) is 14.9. The van der Waals surface area contributed by atoms with Gasteiger partial charge in [-0.3, -0.25) is 0 Å². The van der Waals surface area contributed by atoms with Gasteiger partial charge in [-0.05, 0) is 31.2 Å². The molecule has 0 unspecified atom stereocenters. The largest absolute Gasteiger partial charge is 0.383 e. The Morgan fingerprint density at radius 3 is 2.92 bits per heavy atom. The normalized spacial score (nSPS) is 11.0. The van der Waals surface area contributed by atoms with Crippen LogP contribution >= 0.6 is 11.3 Å². The average Bonchev–Trinajstić information content (AvgIpc) is 3.13. The number of urea groups is 1. The molecule has 0 aliphatic carbocycles. The molecule has 25 heavy (non-hydrogen) atoms. The third kappa shape index (κ3) is 4.06. The number of aromatic nitrogens is 3. The van der Waals surface area contributed by atoms with E-state index in [4.69, 9.17) is 10.5 Å². The summed E-state index contributed by atoms with van der Waals surface area (Å²) in [6, 6.07) is 7.63. The summed E-state index contributed by atoms with van der Waals surface area (Å²) in [4.78, 5) is 12.0. The lowest BCUT2D eigenvalue weighted by Gasteiger charge is -2.09. The molecule has 2 heterocycles. The maximum Gasteiger partial charge on any atom is 0.319 e. The number of hydrogen-bond acceptors (Lipinski definition) is 6. The van der Waals surface area contributed by atoms with E-state index in [2.05, 4.69) is 38.4 Å². The molecule has 3 aromatic rings. The minimum Gasteiger partial charge on any atom is -0.383 e. The van der Waals surface area contributed by atoms with Crippen LogP contribution < -0.4 is 16.4 Å². The van der Waals surface area contributed by atoms with Gasteiger partial charge in [-0.15, -0.1) is 10.2 Å². The van der Waals surface area contributed by atoms with Crippen molar-refractivity contribution < 1.29 is 9.53 Å². The first kappa shape index (κ1) is 17.2. The van der Waals surface area contributed by atoms with E-state index in [1.165, 1.54) is 11.3 Å². The van der Waals surface area contributed by atoms with Crippen molar-refractivity contribution in [1.82, 2.24) is 20.1 Å². The number of nitrogens with two attached hydrogens (primary N) is 1. The number of nitrogens with zero attached hydrogens (tertiary/aromatic N) is 3. The fourth-order valence-electron chi connectivity index (χ4n) is 2.64. The SMILES string of the molecule is COCCn1c(C)cc2cc(NC(=O)NCc3nnc(N)s3)ccc21. The Balaban J connectivity index is 1.66. The Kier molecular flexibility index (Phi) is 5.15. The molecule has 0 atom stereocenters. The number of anilines is 2. The van der Waals surface area contributed by atoms with Gasteiger partial charge in [-0.25, -0.2) is 4.79 Å². The minimum atomic E-state index is -0.302. The molecule has 0 saturated heterocycles. The second-order valence-corrected chi connectivity index (χ2v) is 6.64. The van der Waals surface area contributed by atoms with E-state index in [9.17, 15) is 4.79 Å². The highest BCUT2D eigenvalue weighted by Crippen LogP contribution is 2.23. The van der Waals surface area contributed by atoms with Crippen LogP contribution in [0.1, 0.15) is 10.7 Å². The Hall–Kier alpha value is -2.65. The van der Waals surface area contributed by atoms with Gasteiger partial charge >= 0.3 is 6.03 Å². The van der Waals surface area contributed by atoms with Crippen LogP contribution in [0, 0.1) is 6.92 Å². The molecule has 0 fully saturated rings. The summed E-state index contributed by atoms with van der Waals surface area (Å²) in [5.41, 5.74) is 8.51. The number of aryl methyl sites for hydroxylation is 1. The van der Waals surface area contributed by atoms with E-state index in [1.807, 2.05) is 18.2 Å². The van der Waals surface area contributed by atoms with E-state index in [0.717, 1.165) is 28.8 Å². The van der Waals surface area contributed by atoms with Gasteiger partial charge in [0.05, 0.1) is 13.2 Å². The lowest BCUT2D eigenvalue weighted by molar-refractivity contribution is 0.188. The number of nitrogen functional groups attached to an aromatic ring is 1. The first-order valence-corrected chi connectivity index (χ1v) is 8.60. The number of ether oxygens (including phenoxy) is 1. The Morgan fingerprint density at radius 2 is 2.20 bits per heavy atom. The van der Waals surface area contributed by atoms with Crippen molar-refractivity contribution in [1.29, 1.82) is 0 Å². The molecule has 2 aromatic heterocycles.